The van der Waals surface area contributed by atoms with Gasteiger partial charge in [-0.05, 0) is 26.0 Å². The number of nitrogens with one attached hydrogen (secondary N) is 4. The van der Waals surface area contributed by atoms with Crippen LogP contribution in [0.1, 0.15) is 20.3 Å². The molecule has 6 heteroatoms. The first kappa shape index (κ1) is 14.2. The Balaban J connectivity index is 2.47. The number of hydrogen-bond donors (Lipinski definition) is 4. The molecule has 0 aromatic heterocycles. The number of carbonyl (C=O) groups is 2. The van der Waals surface area contributed by atoms with Crippen LogP contribution in [-0.2, 0) is 9.59 Å². The van der Waals surface area contributed by atoms with Crippen LogP contribution in [0.15, 0.2) is 23.7 Å². The highest BCUT2D eigenvalue weighted by Crippen LogP contribution is 2.07. The van der Waals surface area contributed by atoms with E-state index in [1.807, 2.05) is 13.8 Å². The minimum atomic E-state index is -0.104. The Morgan fingerprint density at radius 1 is 1.56 bits per heavy atom. The van der Waals surface area contributed by atoms with Gasteiger partial charge >= 0.3 is 0 Å². The summed E-state index contributed by atoms with van der Waals surface area (Å²) in [6, 6.07) is 0.0223. The van der Waals surface area contributed by atoms with E-state index >= 15 is 0 Å². The summed E-state index contributed by atoms with van der Waals surface area (Å²) in [5.41, 5.74) is 1.37. The maximum absolute atomic E-state index is 11.6. The fourth-order valence-electron chi connectivity index (χ4n) is 1.53. The van der Waals surface area contributed by atoms with Gasteiger partial charge in [0.15, 0.2) is 0 Å². The molecule has 0 radical (unpaired) electrons. The lowest BCUT2D eigenvalue weighted by atomic mass is 10.1. The quantitative estimate of drug-likeness (QED) is 0.366. The monoisotopic (exact) mass is 252 g/mol. The molecule has 4 N–H and O–H groups in total. The fraction of sp³-hybridized carbons (Fsp3) is 0.500. The third-order valence-electron chi connectivity index (χ3n) is 2.49. The molecule has 6 nitrogen and oxygen atoms in total. The highest BCUT2D eigenvalue weighted by molar-refractivity contribution is 5.80. The predicted octanol–water partition coefficient (Wildman–Crippen LogP) is -0.435. The lowest BCUT2D eigenvalue weighted by Gasteiger charge is -2.21. The van der Waals surface area contributed by atoms with Gasteiger partial charge in [-0.3, -0.25) is 9.59 Å². The van der Waals surface area contributed by atoms with Crippen LogP contribution in [0.5, 0.6) is 0 Å². The maximum atomic E-state index is 11.6. The van der Waals surface area contributed by atoms with Crippen LogP contribution in [0.4, 0.5) is 0 Å². The maximum Gasteiger partial charge on any atom is 0.238 e. The molecule has 1 rings (SSSR count). The highest BCUT2D eigenvalue weighted by atomic mass is 16.2. The molecule has 1 aliphatic heterocycles. The molecule has 0 fully saturated rings. The van der Waals surface area contributed by atoms with Crippen LogP contribution in [0.25, 0.3) is 0 Å². The van der Waals surface area contributed by atoms with Gasteiger partial charge in [0.2, 0.25) is 12.3 Å². The zero-order valence-electron chi connectivity index (χ0n) is 10.7. The van der Waals surface area contributed by atoms with Gasteiger partial charge in [0.05, 0.1) is 18.3 Å². The van der Waals surface area contributed by atoms with E-state index in [-0.39, 0.29) is 18.5 Å². The van der Waals surface area contributed by atoms with Gasteiger partial charge in [0.1, 0.15) is 0 Å². The van der Waals surface area contributed by atoms with E-state index in [0.29, 0.717) is 12.1 Å². The second-order valence-corrected chi connectivity index (χ2v) is 4.07. The molecular formula is C12H20N4O2. The number of carbonyl (C=O) groups excluding carboxylic acids is 2. The van der Waals surface area contributed by atoms with Crippen molar-refractivity contribution in [2.24, 2.45) is 0 Å². The predicted molar refractivity (Wildman–Crippen MR) is 69.3 cm³/mol. The van der Waals surface area contributed by atoms with Crippen molar-refractivity contribution in [3.8, 4) is 0 Å². The Labute approximate surface area is 107 Å². The number of hydrogen-bond acceptors (Lipinski definition) is 4. The smallest absolute Gasteiger partial charge is 0.238 e. The Morgan fingerprint density at radius 3 is 3.00 bits per heavy atom. The summed E-state index contributed by atoms with van der Waals surface area (Å²) in [5.74, 6) is -0.104. The van der Waals surface area contributed by atoms with Crippen LogP contribution in [0, 0.1) is 0 Å². The van der Waals surface area contributed by atoms with Crippen molar-refractivity contribution in [3.05, 3.63) is 23.7 Å². The number of amides is 2. The summed E-state index contributed by atoms with van der Waals surface area (Å²) in [6.07, 6.45) is 5.07. The molecule has 0 spiro atoms. The summed E-state index contributed by atoms with van der Waals surface area (Å²) in [7, 11) is 0. The third-order valence-corrected chi connectivity index (χ3v) is 2.49. The van der Waals surface area contributed by atoms with Gasteiger partial charge in [-0.25, -0.2) is 0 Å². The summed E-state index contributed by atoms with van der Waals surface area (Å²) >= 11 is 0. The van der Waals surface area contributed by atoms with Gasteiger partial charge in [-0.2, -0.15) is 0 Å². The first-order valence-electron chi connectivity index (χ1n) is 6.06. The van der Waals surface area contributed by atoms with Crippen molar-refractivity contribution in [2.75, 3.05) is 13.1 Å². The van der Waals surface area contributed by atoms with Gasteiger partial charge in [0.25, 0.3) is 0 Å². The first-order chi connectivity index (χ1) is 8.67. The van der Waals surface area contributed by atoms with Crippen molar-refractivity contribution in [1.29, 1.82) is 0 Å². The molecule has 1 heterocycles. The van der Waals surface area contributed by atoms with E-state index in [4.69, 9.17) is 0 Å². The Bertz CT molecular complexity index is 363. The topological polar surface area (TPSA) is 82.3 Å². The van der Waals surface area contributed by atoms with Crippen LogP contribution in [0.2, 0.25) is 0 Å². The molecule has 100 valence electrons. The number of dihydropyridines is 1. The lowest BCUT2D eigenvalue weighted by Crippen LogP contribution is -2.38. The number of rotatable bonds is 7. The molecule has 0 saturated heterocycles. The minimum absolute atomic E-state index is 0.0223. The van der Waals surface area contributed by atoms with Crippen LogP contribution in [0.3, 0.4) is 0 Å². The SMILES string of the molecule is CCCNCC(=O)NC1=CNC(C)C(NC=O)=C1. The molecule has 2 amide bonds. The van der Waals surface area contributed by atoms with Crippen molar-refractivity contribution in [3.63, 3.8) is 0 Å². The summed E-state index contributed by atoms with van der Waals surface area (Å²) in [4.78, 5) is 22.0. The Morgan fingerprint density at radius 2 is 2.33 bits per heavy atom. The van der Waals surface area contributed by atoms with Crippen LogP contribution < -0.4 is 21.3 Å². The van der Waals surface area contributed by atoms with Crippen molar-refractivity contribution in [1.82, 2.24) is 21.3 Å². The lowest BCUT2D eigenvalue weighted by molar-refractivity contribution is -0.119. The minimum Gasteiger partial charge on any atom is -0.381 e. The molecule has 1 unspecified atom stereocenters. The van der Waals surface area contributed by atoms with Crippen molar-refractivity contribution < 1.29 is 9.59 Å². The van der Waals surface area contributed by atoms with E-state index in [9.17, 15) is 9.59 Å². The molecule has 0 bridgehead atoms. The van der Waals surface area contributed by atoms with E-state index in [1.165, 1.54) is 0 Å². The second-order valence-electron chi connectivity index (χ2n) is 4.07. The van der Waals surface area contributed by atoms with Crippen molar-refractivity contribution >= 4 is 12.3 Å². The normalized spacial score (nSPS) is 18.2. The van der Waals surface area contributed by atoms with Gasteiger partial charge < -0.3 is 21.3 Å². The summed E-state index contributed by atoms with van der Waals surface area (Å²) in [5, 5.41) is 11.4. The summed E-state index contributed by atoms with van der Waals surface area (Å²) < 4.78 is 0. The highest BCUT2D eigenvalue weighted by Gasteiger charge is 2.13. The average molecular weight is 252 g/mol. The second kappa shape index (κ2) is 7.50. The van der Waals surface area contributed by atoms with Gasteiger partial charge in [0, 0.05) is 11.9 Å². The van der Waals surface area contributed by atoms with E-state index < -0.39 is 0 Å². The Kier molecular flexibility index (Phi) is 5.93. The zero-order valence-corrected chi connectivity index (χ0v) is 10.7. The zero-order chi connectivity index (χ0) is 13.4. The molecule has 0 saturated carbocycles. The molecule has 0 aromatic carbocycles. The molecule has 0 aromatic rings. The first-order valence-corrected chi connectivity index (χ1v) is 6.06. The third kappa shape index (κ3) is 4.58. The fourth-order valence-corrected chi connectivity index (χ4v) is 1.53. The van der Waals surface area contributed by atoms with Crippen LogP contribution >= 0.6 is 0 Å². The van der Waals surface area contributed by atoms with Crippen molar-refractivity contribution in [2.45, 2.75) is 26.3 Å². The van der Waals surface area contributed by atoms with Gasteiger partial charge in [-0.15, -0.1) is 0 Å². The van der Waals surface area contributed by atoms with E-state index in [0.717, 1.165) is 18.7 Å². The molecular weight excluding hydrogens is 232 g/mol. The molecule has 1 aliphatic rings. The molecule has 18 heavy (non-hydrogen) atoms. The van der Waals surface area contributed by atoms with Crippen LogP contribution in [-0.4, -0.2) is 31.4 Å². The molecule has 1 atom stereocenters. The van der Waals surface area contributed by atoms with Gasteiger partial charge in [-0.1, -0.05) is 6.92 Å². The average Bonchev–Trinajstić information content (AvgIpc) is 2.34. The molecule has 0 aliphatic carbocycles. The van der Waals surface area contributed by atoms with E-state index in [1.54, 1.807) is 12.3 Å². The number of allylic oxidation sites excluding steroid dienone is 1. The largest absolute Gasteiger partial charge is 0.381 e. The van der Waals surface area contributed by atoms with E-state index in [2.05, 4.69) is 21.3 Å². The summed E-state index contributed by atoms with van der Waals surface area (Å²) in [6.45, 7) is 5.06. The standard InChI is InChI=1S/C12H20N4O2/c1-3-4-13-7-12(18)16-10-5-11(15-8-17)9(2)14-6-10/h5-6,8-9,13-14H,3-4,7H2,1-2H3,(H,15,17)(H,16,18). The Hall–Kier alpha value is -1.82.